The van der Waals surface area contributed by atoms with Gasteiger partial charge in [-0.15, -0.1) is 0 Å². The molecule has 2 unspecified atom stereocenters. The summed E-state index contributed by atoms with van der Waals surface area (Å²) in [7, 11) is 3.74. The molecule has 2 fully saturated rings. The minimum Gasteiger partial charge on any atom is -0.396 e. The molecule has 3 rings (SSSR count). The van der Waals surface area contributed by atoms with Crippen molar-refractivity contribution in [3.63, 3.8) is 0 Å². The first-order valence-electron chi connectivity index (χ1n) is 9.72. The van der Waals surface area contributed by atoms with Crippen molar-refractivity contribution >= 4 is 23.5 Å². The Hall–Kier alpha value is -2.71. The molecule has 1 saturated heterocycles. The molecule has 1 aromatic carbocycles. The Balaban J connectivity index is 1.93. The molecule has 0 bridgehead atoms. The Kier molecular flexibility index (Phi) is 6.11. The normalized spacial score (nSPS) is 25.4. The second-order valence-corrected chi connectivity index (χ2v) is 7.48. The fourth-order valence-electron chi connectivity index (χ4n) is 3.66. The minimum atomic E-state index is -0.0117. The lowest BCUT2D eigenvalue weighted by molar-refractivity contribution is 0.112. The Bertz CT molecular complexity index is 904. The van der Waals surface area contributed by atoms with Gasteiger partial charge >= 0.3 is 0 Å². The van der Waals surface area contributed by atoms with Gasteiger partial charge in [-0.1, -0.05) is 18.9 Å². The van der Waals surface area contributed by atoms with Gasteiger partial charge in [-0.3, -0.25) is 9.79 Å². The Morgan fingerprint density at radius 2 is 2.29 bits per heavy atom. The molecule has 0 amide bonds. The molecule has 28 heavy (non-hydrogen) atoms. The number of fused-ring (bicyclic) bond motifs is 1. The van der Waals surface area contributed by atoms with E-state index in [-0.39, 0.29) is 17.9 Å². The second-order valence-electron chi connectivity index (χ2n) is 7.48. The lowest BCUT2D eigenvalue weighted by atomic mass is 9.95. The third-order valence-corrected chi connectivity index (χ3v) is 5.63. The molecule has 1 N–H and O–H groups in total. The predicted octanol–water partition coefficient (Wildman–Crippen LogP) is 3.25. The highest BCUT2D eigenvalue weighted by molar-refractivity contribution is 6.09. The summed E-state index contributed by atoms with van der Waals surface area (Å²) in [5.74, 6) is 7.40. The highest BCUT2D eigenvalue weighted by Gasteiger charge is 2.59. The molecule has 146 valence electrons. The smallest absolute Gasteiger partial charge is 0.152 e. The van der Waals surface area contributed by atoms with Crippen molar-refractivity contribution in [2.24, 2.45) is 21.3 Å². The highest BCUT2D eigenvalue weighted by atomic mass is 16.3. The molecule has 0 spiro atoms. The molecule has 0 radical (unpaired) electrons. The van der Waals surface area contributed by atoms with Crippen LogP contribution in [0.1, 0.15) is 42.1 Å². The number of amidine groups is 1. The minimum absolute atomic E-state index is 0.0117. The van der Waals surface area contributed by atoms with Gasteiger partial charge in [0.15, 0.2) is 6.29 Å². The van der Waals surface area contributed by atoms with Crippen LogP contribution in [0.2, 0.25) is 0 Å². The predicted molar refractivity (Wildman–Crippen MR) is 113 cm³/mol. The number of benzene rings is 1. The van der Waals surface area contributed by atoms with Gasteiger partial charge in [0.05, 0.1) is 5.69 Å². The van der Waals surface area contributed by atoms with Gasteiger partial charge in [-0.05, 0) is 49.5 Å². The van der Waals surface area contributed by atoms with E-state index in [1.54, 1.807) is 13.1 Å². The van der Waals surface area contributed by atoms with Crippen molar-refractivity contribution in [3.05, 3.63) is 41.5 Å². The number of allylic oxidation sites excluding steroid dienone is 2. The van der Waals surface area contributed by atoms with Gasteiger partial charge in [-0.25, -0.2) is 4.99 Å². The lowest BCUT2D eigenvalue weighted by Gasteiger charge is -2.30. The van der Waals surface area contributed by atoms with Gasteiger partial charge in [0, 0.05) is 49.7 Å². The summed E-state index contributed by atoms with van der Waals surface area (Å²) in [5, 5.41) is 9.75. The van der Waals surface area contributed by atoms with Crippen LogP contribution in [0.3, 0.4) is 0 Å². The van der Waals surface area contributed by atoms with Gasteiger partial charge in [0.25, 0.3) is 0 Å². The first-order chi connectivity index (χ1) is 13.6. The number of rotatable bonds is 5. The summed E-state index contributed by atoms with van der Waals surface area (Å²) in [5.41, 5.74) is 2.67. The fraction of sp³-hybridized carbons (Fsp3) is 0.435. The summed E-state index contributed by atoms with van der Waals surface area (Å²) < 4.78 is 0. The Labute approximate surface area is 166 Å². The fourth-order valence-corrected chi connectivity index (χ4v) is 3.66. The molecule has 1 aliphatic heterocycles. The van der Waals surface area contributed by atoms with E-state index in [1.807, 2.05) is 31.3 Å². The molecular formula is C23H27N3O2. The Morgan fingerprint density at radius 3 is 2.96 bits per heavy atom. The maximum Gasteiger partial charge on any atom is 0.152 e. The number of piperidine rings is 1. The molecule has 1 aliphatic carbocycles. The van der Waals surface area contributed by atoms with E-state index >= 15 is 0 Å². The molecule has 5 heteroatoms. The van der Waals surface area contributed by atoms with Crippen molar-refractivity contribution in [2.45, 2.75) is 26.2 Å². The number of aliphatic hydroxyl groups is 1. The molecule has 1 saturated carbocycles. The topological polar surface area (TPSA) is 65.3 Å². The molecule has 0 aromatic heterocycles. The van der Waals surface area contributed by atoms with E-state index in [0.29, 0.717) is 17.0 Å². The van der Waals surface area contributed by atoms with Crippen LogP contribution < -0.4 is 0 Å². The standard InChI is InChI=1S/C23H27N3O2/c1-4-5-6-19(24-2)10-8-17-7-9-18(15-27)21(13-17)25-22-20-14-23(20,16-28)11-12-26(22)3/h5-7,9,13,15,20,28H,4,11-12,14,16H2,1-3H3/b6-5-,24-19?,25-22?. The van der Waals surface area contributed by atoms with Crippen molar-refractivity contribution in [3.8, 4) is 11.8 Å². The number of aldehydes is 1. The first-order valence-corrected chi connectivity index (χ1v) is 9.72. The van der Waals surface area contributed by atoms with E-state index in [9.17, 15) is 9.90 Å². The third kappa shape index (κ3) is 4.07. The summed E-state index contributed by atoms with van der Waals surface area (Å²) in [6.07, 6.45) is 7.64. The summed E-state index contributed by atoms with van der Waals surface area (Å²) in [4.78, 5) is 22.7. The number of hydrogen-bond donors (Lipinski definition) is 1. The van der Waals surface area contributed by atoms with Gasteiger partial charge in [-0.2, -0.15) is 0 Å². The van der Waals surface area contributed by atoms with Crippen LogP contribution in [0, 0.1) is 23.2 Å². The molecule has 1 heterocycles. The largest absolute Gasteiger partial charge is 0.396 e. The zero-order valence-corrected chi connectivity index (χ0v) is 16.8. The maximum absolute atomic E-state index is 11.5. The van der Waals surface area contributed by atoms with Crippen molar-refractivity contribution in [1.29, 1.82) is 0 Å². The highest BCUT2D eigenvalue weighted by Crippen LogP contribution is 2.58. The molecule has 1 aromatic rings. The van der Waals surface area contributed by atoms with E-state index in [2.05, 4.69) is 28.7 Å². The van der Waals surface area contributed by atoms with E-state index in [0.717, 1.165) is 43.5 Å². The van der Waals surface area contributed by atoms with E-state index in [4.69, 9.17) is 4.99 Å². The van der Waals surface area contributed by atoms with Gasteiger partial charge in [0.1, 0.15) is 11.5 Å². The zero-order chi connectivity index (χ0) is 20.1. The zero-order valence-electron chi connectivity index (χ0n) is 16.8. The lowest BCUT2D eigenvalue weighted by Crippen LogP contribution is -2.38. The molecule has 2 aliphatic rings. The number of likely N-dealkylation sites (tertiary alicyclic amines) is 1. The van der Waals surface area contributed by atoms with Crippen LogP contribution in [0.25, 0.3) is 0 Å². The monoisotopic (exact) mass is 377 g/mol. The SMILES string of the molecule is CC/C=C\C(C#Cc1ccc(C=O)c(N=C2C3CC3(CO)CCN2C)c1)=NC. The van der Waals surface area contributed by atoms with Crippen LogP contribution in [0.4, 0.5) is 5.69 Å². The number of aliphatic hydroxyl groups excluding tert-OH is 1. The quantitative estimate of drug-likeness (QED) is 0.487. The van der Waals surface area contributed by atoms with E-state index in [1.165, 1.54) is 0 Å². The van der Waals surface area contributed by atoms with Crippen molar-refractivity contribution < 1.29 is 9.90 Å². The van der Waals surface area contributed by atoms with Crippen molar-refractivity contribution in [2.75, 3.05) is 27.2 Å². The number of carbonyl (C=O) groups excluding carboxylic acids is 1. The third-order valence-electron chi connectivity index (χ3n) is 5.63. The molecule has 5 nitrogen and oxygen atoms in total. The second kappa shape index (κ2) is 8.53. The summed E-state index contributed by atoms with van der Waals surface area (Å²) >= 11 is 0. The number of hydrogen-bond acceptors (Lipinski definition) is 4. The Morgan fingerprint density at radius 1 is 1.46 bits per heavy atom. The molecule has 2 atom stereocenters. The summed E-state index contributed by atoms with van der Waals surface area (Å²) in [6, 6.07) is 5.44. The van der Waals surface area contributed by atoms with Crippen LogP contribution in [0.5, 0.6) is 0 Å². The van der Waals surface area contributed by atoms with Crippen LogP contribution in [-0.2, 0) is 0 Å². The summed E-state index contributed by atoms with van der Waals surface area (Å²) in [6.45, 7) is 3.13. The van der Waals surface area contributed by atoms with Gasteiger partial charge in [0.2, 0.25) is 0 Å². The van der Waals surface area contributed by atoms with Crippen LogP contribution in [0.15, 0.2) is 40.3 Å². The number of nitrogens with zero attached hydrogens (tertiary/aromatic N) is 3. The average molecular weight is 377 g/mol. The molecular weight excluding hydrogens is 350 g/mol. The maximum atomic E-state index is 11.5. The van der Waals surface area contributed by atoms with E-state index < -0.39 is 0 Å². The van der Waals surface area contributed by atoms with Crippen molar-refractivity contribution in [1.82, 2.24) is 4.90 Å². The van der Waals surface area contributed by atoms with Gasteiger partial charge < -0.3 is 10.0 Å². The van der Waals surface area contributed by atoms with Crippen LogP contribution >= 0.6 is 0 Å². The van der Waals surface area contributed by atoms with Crippen LogP contribution in [-0.4, -0.2) is 55.1 Å². The average Bonchev–Trinajstić information content (AvgIpc) is 3.46. The number of carbonyl (C=O) groups is 1. The first kappa shape index (κ1) is 20.0. The number of aliphatic imine (C=N–C) groups is 2.